The molecule has 0 fully saturated rings. The summed E-state index contributed by atoms with van der Waals surface area (Å²) in [6.07, 6.45) is 0.161. The van der Waals surface area contributed by atoms with Crippen LogP contribution in [0.25, 0.3) is 10.9 Å². The van der Waals surface area contributed by atoms with Crippen LogP contribution in [0.2, 0.25) is 0 Å². The highest BCUT2D eigenvalue weighted by molar-refractivity contribution is 5.95. The third kappa shape index (κ3) is 4.38. The summed E-state index contributed by atoms with van der Waals surface area (Å²) in [5.74, 6) is 0.355. The Morgan fingerprint density at radius 2 is 1.57 bits per heavy atom. The lowest BCUT2D eigenvalue weighted by atomic mass is 10.1. The maximum atomic E-state index is 12.2. The van der Waals surface area contributed by atoms with Gasteiger partial charge < -0.3 is 14.4 Å². The Morgan fingerprint density at radius 3 is 2.33 bits per heavy atom. The monoisotopic (exact) mass is 399 g/mol. The van der Waals surface area contributed by atoms with Crippen LogP contribution in [0, 0.1) is 0 Å². The summed E-state index contributed by atoms with van der Waals surface area (Å²) in [7, 11) is 0. The first-order valence-electron chi connectivity index (χ1n) is 9.69. The van der Waals surface area contributed by atoms with Crippen molar-refractivity contribution in [2.75, 3.05) is 6.61 Å². The van der Waals surface area contributed by atoms with Crippen molar-refractivity contribution in [2.24, 2.45) is 10.2 Å². The molecule has 4 aromatic rings. The van der Waals surface area contributed by atoms with Crippen LogP contribution in [-0.2, 0) is 17.8 Å². The third-order valence-corrected chi connectivity index (χ3v) is 4.70. The molecule has 150 valence electrons. The van der Waals surface area contributed by atoms with Gasteiger partial charge in [0.15, 0.2) is 5.69 Å². The fourth-order valence-electron chi connectivity index (χ4n) is 3.28. The van der Waals surface area contributed by atoms with Crippen molar-refractivity contribution in [3.8, 4) is 11.6 Å². The van der Waals surface area contributed by atoms with E-state index in [2.05, 4.69) is 10.2 Å². The van der Waals surface area contributed by atoms with E-state index in [0.717, 1.165) is 22.2 Å². The van der Waals surface area contributed by atoms with Crippen LogP contribution in [0.4, 0.5) is 5.69 Å². The van der Waals surface area contributed by atoms with Crippen LogP contribution in [0.3, 0.4) is 0 Å². The molecule has 0 aliphatic heterocycles. The number of benzene rings is 3. The van der Waals surface area contributed by atoms with Crippen molar-refractivity contribution in [1.29, 1.82) is 0 Å². The minimum Gasteiger partial charge on any atom is -0.493 e. The summed E-state index contributed by atoms with van der Waals surface area (Å²) in [5, 5.41) is 19.4. The number of fused-ring (bicyclic) bond motifs is 1. The lowest BCUT2D eigenvalue weighted by molar-refractivity contribution is -0.117. The molecule has 1 amide bonds. The molecule has 0 aliphatic carbocycles. The lowest BCUT2D eigenvalue weighted by Crippen LogP contribution is -2.07. The molecule has 0 bridgehead atoms. The van der Waals surface area contributed by atoms with E-state index in [-0.39, 0.29) is 23.9 Å². The van der Waals surface area contributed by atoms with Crippen molar-refractivity contribution in [3.05, 3.63) is 90.5 Å². The average Bonchev–Trinajstić information content (AvgIpc) is 3.05. The van der Waals surface area contributed by atoms with Gasteiger partial charge in [0.05, 0.1) is 18.5 Å². The minimum absolute atomic E-state index is 0.0378. The Balaban J connectivity index is 1.53. The maximum absolute atomic E-state index is 12.2. The van der Waals surface area contributed by atoms with Gasteiger partial charge in [-0.1, -0.05) is 66.7 Å². The molecule has 0 aliphatic rings. The number of ether oxygens (including phenoxy) is 1. The van der Waals surface area contributed by atoms with Crippen LogP contribution in [-0.4, -0.2) is 22.2 Å². The van der Waals surface area contributed by atoms with Crippen molar-refractivity contribution in [3.63, 3.8) is 0 Å². The second kappa shape index (κ2) is 9.05. The number of rotatable bonds is 7. The summed E-state index contributed by atoms with van der Waals surface area (Å²) in [6.45, 7) is 0.800. The molecular formula is C24H21N3O3. The van der Waals surface area contributed by atoms with Gasteiger partial charge in [-0.25, -0.2) is 0 Å². The fourth-order valence-corrected chi connectivity index (χ4v) is 3.28. The van der Waals surface area contributed by atoms with E-state index < -0.39 is 0 Å². The molecular weight excluding hydrogens is 378 g/mol. The molecule has 1 N–H and O–H groups in total. The van der Waals surface area contributed by atoms with E-state index in [1.165, 1.54) is 0 Å². The SMILES string of the molecule is O=C(Cc1ccccc1)N=Nc1c(O)n(CCOc2ccccc2)c2ccccc12. The van der Waals surface area contributed by atoms with E-state index >= 15 is 0 Å². The quantitative estimate of drug-likeness (QED) is 0.430. The number of aromatic nitrogens is 1. The zero-order valence-corrected chi connectivity index (χ0v) is 16.3. The molecule has 0 saturated heterocycles. The topological polar surface area (TPSA) is 76.2 Å². The molecule has 0 radical (unpaired) electrons. The number of nitrogens with zero attached hydrogens (tertiary/aromatic N) is 3. The highest BCUT2D eigenvalue weighted by atomic mass is 16.5. The second-order valence-corrected chi connectivity index (χ2v) is 6.76. The zero-order valence-electron chi connectivity index (χ0n) is 16.3. The van der Waals surface area contributed by atoms with Gasteiger partial charge in [0, 0.05) is 5.39 Å². The van der Waals surface area contributed by atoms with Crippen molar-refractivity contribution in [1.82, 2.24) is 4.57 Å². The normalized spacial score (nSPS) is 11.2. The van der Waals surface area contributed by atoms with E-state index in [0.29, 0.717) is 13.2 Å². The Kier molecular flexibility index (Phi) is 5.85. The van der Waals surface area contributed by atoms with Crippen molar-refractivity contribution >= 4 is 22.5 Å². The minimum atomic E-state index is -0.371. The number of aromatic hydroxyl groups is 1. The van der Waals surface area contributed by atoms with Crippen molar-refractivity contribution < 1.29 is 14.6 Å². The van der Waals surface area contributed by atoms with Gasteiger partial charge in [-0.2, -0.15) is 0 Å². The third-order valence-electron chi connectivity index (χ3n) is 4.70. The van der Waals surface area contributed by atoms with E-state index in [1.807, 2.05) is 84.9 Å². The first-order valence-corrected chi connectivity index (χ1v) is 9.69. The number of amides is 1. The number of carbonyl (C=O) groups is 1. The molecule has 6 heteroatoms. The van der Waals surface area contributed by atoms with E-state index in [9.17, 15) is 9.90 Å². The predicted octanol–water partition coefficient (Wildman–Crippen LogP) is 5.28. The predicted molar refractivity (Wildman–Crippen MR) is 115 cm³/mol. The highest BCUT2D eigenvalue weighted by Gasteiger charge is 2.16. The number of azo groups is 1. The molecule has 1 heterocycles. The van der Waals surface area contributed by atoms with Crippen molar-refractivity contribution in [2.45, 2.75) is 13.0 Å². The average molecular weight is 399 g/mol. The molecule has 0 atom stereocenters. The van der Waals surface area contributed by atoms with Crippen LogP contribution >= 0.6 is 0 Å². The van der Waals surface area contributed by atoms with E-state index in [4.69, 9.17) is 4.74 Å². The summed E-state index contributed by atoms with van der Waals surface area (Å²) >= 11 is 0. The van der Waals surface area contributed by atoms with Gasteiger partial charge in [0.25, 0.3) is 5.91 Å². The summed E-state index contributed by atoms with van der Waals surface area (Å²) < 4.78 is 7.46. The van der Waals surface area contributed by atoms with Gasteiger partial charge >= 0.3 is 0 Å². The van der Waals surface area contributed by atoms with Gasteiger partial charge in [0.2, 0.25) is 5.88 Å². The Bertz CT molecular complexity index is 1170. The van der Waals surface area contributed by atoms with Gasteiger partial charge in [-0.05, 0) is 23.8 Å². The lowest BCUT2D eigenvalue weighted by Gasteiger charge is -2.09. The van der Waals surface area contributed by atoms with Crippen LogP contribution in [0.5, 0.6) is 11.6 Å². The van der Waals surface area contributed by atoms with Gasteiger partial charge in [-0.3, -0.25) is 4.79 Å². The highest BCUT2D eigenvalue weighted by Crippen LogP contribution is 2.38. The zero-order chi connectivity index (χ0) is 20.8. The Morgan fingerprint density at radius 1 is 0.900 bits per heavy atom. The smallest absolute Gasteiger partial charge is 0.269 e. The molecule has 4 rings (SSSR count). The maximum Gasteiger partial charge on any atom is 0.269 e. The summed E-state index contributed by atoms with van der Waals surface area (Å²) in [6, 6.07) is 26.3. The first kappa shape index (κ1) is 19.4. The molecule has 0 saturated carbocycles. The molecule has 30 heavy (non-hydrogen) atoms. The van der Waals surface area contributed by atoms with E-state index in [1.54, 1.807) is 4.57 Å². The molecule has 1 aromatic heterocycles. The fraction of sp³-hybridized carbons (Fsp3) is 0.125. The number of hydrogen-bond acceptors (Lipinski definition) is 4. The summed E-state index contributed by atoms with van der Waals surface area (Å²) in [4.78, 5) is 12.2. The standard InChI is InChI=1S/C24H21N3O3/c28-22(17-18-9-3-1-4-10-18)25-26-23-20-13-7-8-14-21(20)27(24(23)29)15-16-30-19-11-5-2-6-12-19/h1-14,29H,15-17H2. The molecule has 3 aromatic carbocycles. The Hall–Kier alpha value is -3.93. The van der Waals surface area contributed by atoms with Crippen LogP contribution in [0.1, 0.15) is 5.56 Å². The second-order valence-electron chi connectivity index (χ2n) is 6.76. The summed E-state index contributed by atoms with van der Waals surface area (Å²) in [5.41, 5.74) is 1.95. The first-order chi connectivity index (χ1) is 14.7. The number of carbonyl (C=O) groups excluding carboxylic acids is 1. The van der Waals surface area contributed by atoms with Crippen LogP contribution < -0.4 is 4.74 Å². The molecule has 0 unspecified atom stereocenters. The van der Waals surface area contributed by atoms with Crippen LogP contribution in [0.15, 0.2) is 95.2 Å². The Labute approximate surface area is 174 Å². The van der Waals surface area contributed by atoms with Gasteiger partial charge in [-0.15, -0.1) is 10.2 Å². The molecule has 0 spiro atoms. The van der Waals surface area contributed by atoms with Gasteiger partial charge in [0.1, 0.15) is 12.4 Å². The largest absolute Gasteiger partial charge is 0.493 e. The number of para-hydroxylation sites is 2. The molecule has 6 nitrogen and oxygen atoms in total. The number of hydrogen-bond donors (Lipinski definition) is 1.